The van der Waals surface area contributed by atoms with Gasteiger partial charge in [0.1, 0.15) is 0 Å². The largest absolute Gasteiger partial charge is 0.457 e. The van der Waals surface area contributed by atoms with Gasteiger partial charge in [-0.25, -0.2) is 4.79 Å². The summed E-state index contributed by atoms with van der Waals surface area (Å²) >= 11 is 0. The van der Waals surface area contributed by atoms with E-state index in [0.717, 1.165) is 57.8 Å². The molecule has 2 rings (SSSR count). The van der Waals surface area contributed by atoms with Crippen LogP contribution in [0.1, 0.15) is 86.0 Å². The van der Waals surface area contributed by atoms with E-state index in [2.05, 4.69) is 34.6 Å². The lowest BCUT2D eigenvalue weighted by atomic mass is 9.81. The Hall–Kier alpha value is -0.745. The molecule has 0 aromatic rings. The zero-order chi connectivity index (χ0) is 19.2. The van der Waals surface area contributed by atoms with E-state index in [0.29, 0.717) is 12.6 Å². The summed E-state index contributed by atoms with van der Waals surface area (Å²) in [5.41, 5.74) is -0.500. The SMILES string of the molecule is CCCCOC(=O)N1CCCCC1CCCCB1OC(C)(C)C(C)(C)O1. The Morgan fingerprint density at radius 1 is 1.12 bits per heavy atom. The molecule has 1 amide bonds. The lowest BCUT2D eigenvalue weighted by Gasteiger charge is -2.35. The summed E-state index contributed by atoms with van der Waals surface area (Å²) in [6.45, 7) is 11.9. The van der Waals surface area contributed by atoms with Crippen LogP contribution in [-0.2, 0) is 14.0 Å². The molecule has 2 aliphatic heterocycles. The Kier molecular flexibility index (Phi) is 7.83. The van der Waals surface area contributed by atoms with Crippen LogP contribution < -0.4 is 0 Å². The number of nitrogens with zero attached hydrogens (tertiary/aromatic N) is 1. The maximum Gasteiger partial charge on any atom is 0.457 e. The second-order valence-corrected chi connectivity index (χ2v) is 8.78. The zero-order valence-corrected chi connectivity index (χ0v) is 17.5. The van der Waals surface area contributed by atoms with Crippen molar-refractivity contribution in [3.8, 4) is 0 Å². The standard InChI is InChI=1S/C20H38BNO4/c1-6-7-16-24-18(23)22-15-11-9-13-17(22)12-8-10-14-21-25-19(2,3)20(4,5)26-21/h17H,6-16H2,1-5H3. The van der Waals surface area contributed by atoms with Gasteiger partial charge in [0.05, 0.1) is 17.8 Å². The van der Waals surface area contributed by atoms with Gasteiger partial charge < -0.3 is 18.9 Å². The Morgan fingerprint density at radius 2 is 1.81 bits per heavy atom. The number of likely N-dealkylation sites (tertiary alicyclic amines) is 1. The minimum atomic E-state index is -0.250. The number of piperidine rings is 1. The third-order valence-corrected chi connectivity index (χ3v) is 6.11. The molecule has 1 atom stereocenters. The van der Waals surface area contributed by atoms with Gasteiger partial charge in [0, 0.05) is 12.6 Å². The number of hydrogen-bond donors (Lipinski definition) is 0. The van der Waals surface area contributed by atoms with Crippen LogP contribution >= 0.6 is 0 Å². The van der Waals surface area contributed by atoms with Gasteiger partial charge >= 0.3 is 13.2 Å². The Bertz CT molecular complexity index is 439. The predicted molar refractivity (Wildman–Crippen MR) is 105 cm³/mol. The molecule has 150 valence electrons. The minimum absolute atomic E-state index is 0.110. The molecule has 0 radical (unpaired) electrons. The van der Waals surface area contributed by atoms with E-state index in [9.17, 15) is 4.79 Å². The van der Waals surface area contributed by atoms with Gasteiger partial charge in [0.25, 0.3) is 0 Å². The molecule has 0 saturated carbocycles. The van der Waals surface area contributed by atoms with E-state index in [4.69, 9.17) is 14.0 Å². The first kappa shape index (κ1) is 21.6. The summed E-state index contributed by atoms with van der Waals surface area (Å²) in [7, 11) is -0.110. The van der Waals surface area contributed by atoms with Gasteiger partial charge in [0.2, 0.25) is 0 Å². The number of amides is 1. The highest BCUT2D eigenvalue weighted by molar-refractivity contribution is 6.45. The Labute approximate surface area is 160 Å². The number of carbonyl (C=O) groups excluding carboxylic acids is 1. The van der Waals surface area contributed by atoms with E-state index >= 15 is 0 Å². The lowest BCUT2D eigenvalue weighted by Crippen LogP contribution is -2.44. The second kappa shape index (κ2) is 9.45. The maximum atomic E-state index is 12.3. The summed E-state index contributed by atoms with van der Waals surface area (Å²) in [5.74, 6) is 0. The molecule has 0 N–H and O–H groups in total. The molecule has 2 saturated heterocycles. The molecule has 2 aliphatic rings. The first-order chi connectivity index (χ1) is 12.3. The van der Waals surface area contributed by atoms with Gasteiger partial charge in [-0.15, -0.1) is 0 Å². The molecule has 0 bridgehead atoms. The first-order valence-corrected chi connectivity index (χ1v) is 10.6. The first-order valence-electron chi connectivity index (χ1n) is 10.6. The van der Waals surface area contributed by atoms with Crippen molar-refractivity contribution < 1.29 is 18.8 Å². The van der Waals surface area contributed by atoms with E-state index < -0.39 is 0 Å². The van der Waals surface area contributed by atoms with Gasteiger partial charge in [-0.1, -0.05) is 26.2 Å². The van der Waals surface area contributed by atoms with Gasteiger partial charge in [-0.05, 0) is 66.1 Å². The topological polar surface area (TPSA) is 48.0 Å². The molecule has 1 unspecified atom stereocenters. The average molecular weight is 367 g/mol. The van der Waals surface area contributed by atoms with E-state index in [1.807, 2.05) is 4.90 Å². The van der Waals surface area contributed by atoms with Gasteiger partial charge in [-0.3, -0.25) is 0 Å². The van der Waals surface area contributed by atoms with Crippen LogP contribution in [0.2, 0.25) is 6.32 Å². The van der Waals surface area contributed by atoms with Crippen molar-refractivity contribution in [3.63, 3.8) is 0 Å². The highest BCUT2D eigenvalue weighted by atomic mass is 16.7. The van der Waals surface area contributed by atoms with Crippen molar-refractivity contribution in [2.24, 2.45) is 0 Å². The monoisotopic (exact) mass is 367 g/mol. The van der Waals surface area contributed by atoms with Crippen LogP contribution in [0.25, 0.3) is 0 Å². The normalized spacial score (nSPS) is 24.7. The molecule has 6 heteroatoms. The molecular weight excluding hydrogens is 329 g/mol. The molecule has 5 nitrogen and oxygen atoms in total. The summed E-state index contributed by atoms with van der Waals surface area (Å²) in [6, 6.07) is 0.330. The summed E-state index contributed by atoms with van der Waals surface area (Å²) < 4.78 is 17.6. The van der Waals surface area contributed by atoms with Crippen LogP contribution in [0.5, 0.6) is 0 Å². The van der Waals surface area contributed by atoms with Gasteiger partial charge in [-0.2, -0.15) is 0 Å². The fourth-order valence-electron chi connectivity index (χ4n) is 3.70. The number of rotatable bonds is 8. The quantitative estimate of drug-likeness (QED) is 0.445. The van der Waals surface area contributed by atoms with Crippen LogP contribution in [-0.4, -0.2) is 48.5 Å². The van der Waals surface area contributed by atoms with Crippen molar-refractivity contribution in [2.45, 2.75) is 110 Å². The van der Waals surface area contributed by atoms with E-state index in [1.54, 1.807) is 0 Å². The van der Waals surface area contributed by atoms with Crippen molar-refractivity contribution in [1.82, 2.24) is 4.90 Å². The second-order valence-electron chi connectivity index (χ2n) is 8.78. The summed E-state index contributed by atoms with van der Waals surface area (Å²) in [5, 5.41) is 0. The van der Waals surface area contributed by atoms with Crippen LogP contribution in [0, 0.1) is 0 Å². The fraction of sp³-hybridized carbons (Fsp3) is 0.950. The molecule has 26 heavy (non-hydrogen) atoms. The summed E-state index contributed by atoms with van der Waals surface area (Å²) in [4.78, 5) is 14.3. The minimum Gasteiger partial charge on any atom is -0.449 e. The highest BCUT2D eigenvalue weighted by Gasteiger charge is 2.50. The Morgan fingerprint density at radius 3 is 2.46 bits per heavy atom. The molecular formula is C20H38BNO4. The van der Waals surface area contributed by atoms with E-state index in [-0.39, 0.29) is 24.4 Å². The third kappa shape index (κ3) is 5.62. The van der Waals surface area contributed by atoms with Crippen molar-refractivity contribution >= 4 is 13.2 Å². The maximum absolute atomic E-state index is 12.3. The number of carbonyl (C=O) groups is 1. The molecule has 0 spiro atoms. The molecule has 2 fully saturated rings. The molecule has 0 aromatic heterocycles. The van der Waals surface area contributed by atoms with Gasteiger partial charge in [0.15, 0.2) is 0 Å². The van der Waals surface area contributed by atoms with Crippen LogP contribution in [0.3, 0.4) is 0 Å². The molecule has 0 aliphatic carbocycles. The molecule has 0 aromatic carbocycles. The predicted octanol–water partition coefficient (Wildman–Crippen LogP) is 5.04. The average Bonchev–Trinajstić information content (AvgIpc) is 2.79. The van der Waals surface area contributed by atoms with Crippen molar-refractivity contribution in [3.05, 3.63) is 0 Å². The number of unbranched alkanes of at least 4 members (excludes halogenated alkanes) is 2. The highest BCUT2D eigenvalue weighted by Crippen LogP contribution is 2.38. The fourth-order valence-corrected chi connectivity index (χ4v) is 3.70. The smallest absolute Gasteiger partial charge is 0.449 e. The number of hydrogen-bond acceptors (Lipinski definition) is 4. The third-order valence-electron chi connectivity index (χ3n) is 6.11. The summed E-state index contributed by atoms with van der Waals surface area (Å²) in [6.07, 6.45) is 9.39. The van der Waals surface area contributed by atoms with Crippen molar-refractivity contribution in [2.75, 3.05) is 13.2 Å². The number of ether oxygens (including phenoxy) is 1. The van der Waals surface area contributed by atoms with E-state index in [1.165, 1.54) is 6.42 Å². The lowest BCUT2D eigenvalue weighted by molar-refractivity contribution is 0.00578. The van der Waals surface area contributed by atoms with Crippen LogP contribution in [0.15, 0.2) is 0 Å². The Balaban J connectivity index is 1.71. The zero-order valence-electron chi connectivity index (χ0n) is 17.5. The van der Waals surface area contributed by atoms with Crippen molar-refractivity contribution in [1.29, 1.82) is 0 Å². The molecule has 2 heterocycles. The van der Waals surface area contributed by atoms with Crippen LogP contribution in [0.4, 0.5) is 4.79 Å².